The molecule has 1 amide bonds. The number of carbonyl (C=O) groups is 2. The van der Waals surface area contributed by atoms with E-state index >= 15 is 0 Å². The smallest absolute Gasteiger partial charge is 0.467 e. The van der Waals surface area contributed by atoms with Gasteiger partial charge in [0.05, 0.1) is 13.0 Å². The number of esters is 1. The number of amides is 1. The Labute approximate surface area is 223 Å². The summed E-state index contributed by atoms with van der Waals surface area (Å²) in [6, 6.07) is 20.9. The van der Waals surface area contributed by atoms with Gasteiger partial charge in [0.1, 0.15) is 6.04 Å². The normalized spacial score (nSPS) is 16.8. The van der Waals surface area contributed by atoms with Gasteiger partial charge in [-0.15, -0.1) is 0 Å². The predicted octanol–water partition coefficient (Wildman–Crippen LogP) is 4.19. The molecule has 2 aromatic rings. The quantitative estimate of drug-likeness (QED) is 0.334. The molecule has 1 N–H and O–H groups in total. The predicted molar refractivity (Wildman–Crippen MR) is 139 cm³/mol. The topological polar surface area (TPSA) is 55.4 Å². The van der Waals surface area contributed by atoms with E-state index in [-0.39, 0.29) is 28.9 Å². The van der Waals surface area contributed by atoms with Crippen LogP contribution in [0.25, 0.3) is 0 Å². The molecular weight excluding hydrogens is 497 g/mol. The van der Waals surface area contributed by atoms with Gasteiger partial charge in [-0.3, -0.25) is 4.79 Å². The third-order valence-electron chi connectivity index (χ3n) is 5.27. The average Bonchev–Trinajstić information content (AvgIpc) is 3.59. The first-order valence-corrected chi connectivity index (χ1v) is 12.6. The van der Waals surface area contributed by atoms with Crippen molar-refractivity contribution in [1.82, 2.24) is 5.32 Å². The number of hydrogen-bond donors (Lipinski definition) is 1. The molecule has 2 aliphatic carbocycles. The molecule has 0 spiro atoms. The van der Waals surface area contributed by atoms with Crippen LogP contribution in [0.2, 0.25) is 0 Å². The Morgan fingerprint density at radius 3 is 1.66 bits per heavy atom. The first kappa shape index (κ1) is 29.6. The van der Waals surface area contributed by atoms with E-state index in [0.717, 1.165) is 0 Å². The second kappa shape index (κ2) is 15.4. The molecule has 0 heterocycles. The van der Waals surface area contributed by atoms with Crippen molar-refractivity contribution in [3.63, 3.8) is 0 Å². The molecule has 2 saturated carbocycles. The maximum atomic E-state index is 11.7. The summed E-state index contributed by atoms with van der Waals surface area (Å²) in [7, 11) is 0.903. The standard InChI is InChI=1S/C17H14P.C12H16NO3.Fe/c1-3-9-15(10-4-1)18(17-13-7-8-14-17)16-11-5-2-6-12-16;1-8(2)10(12(15)16-3)13-11(14)9-6-4-5-7-9;/h1-14H;4-8,10H,1-3H3,(H,13,14);/q;;+2/t;10-;/m.0./s1. The van der Waals surface area contributed by atoms with Crippen molar-refractivity contribution < 1.29 is 31.4 Å². The number of nitrogens with one attached hydrogen (secondary N) is 1. The van der Waals surface area contributed by atoms with Crippen LogP contribution < -0.4 is 15.9 Å². The summed E-state index contributed by atoms with van der Waals surface area (Å²) in [5.41, 5.74) is 1.42. The Morgan fingerprint density at radius 2 is 1.23 bits per heavy atom. The second-order valence-corrected chi connectivity index (χ2v) is 10.3. The van der Waals surface area contributed by atoms with Crippen molar-refractivity contribution in [2.24, 2.45) is 5.92 Å². The number of methoxy groups -OCH3 is 1. The van der Waals surface area contributed by atoms with E-state index in [1.165, 1.54) is 23.4 Å². The van der Waals surface area contributed by atoms with Gasteiger partial charge in [0, 0.05) is 5.66 Å². The minimum absolute atomic E-state index is 0. The molecule has 35 heavy (non-hydrogen) atoms. The van der Waals surface area contributed by atoms with E-state index < -0.39 is 19.9 Å². The van der Waals surface area contributed by atoms with Crippen LogP contribution in [-0.2, 0) is 31.4 Å². The van der Waals surface area contributed by atoms with Gasteiger partial charge in [0.15, 0.2) is 0 Å². The monoisotopic (exact) mass is 527 g/mol. The largest absolute Gasteiger partial charge is 2.00 e. The van der Waals surface area contributed by atoms with Crippen LogP contribution >= 0.6 is 7.92 Å². The van der Waals surface area contributed by atoms with Crippen LogP contribution in [0.1, 0.15) is 13.8 Å². The molecule has 2 aromatic carbocycles. The van der Waals surface area contributed by atoms with Gasteiger partial charge >= 0.3 is 23.0 Å². The third-order valence-corrected chi connectivity index (χ3v) is 7.71. The summed E-state index contributed by atoms with van der Waals surface area (Å²) in [6.45, 7) is 3.71. The molecule has 6 heteroatoms. The number of benzene rings is 2. The molecule has 10 radical (unpaired) electrons. The summed E-state index contributed by atoms with van der Waals surface area (Å²) in [4.78, 5) is 23.1. The molecular formula is C29H30FeNO3P+2. The first-order chi connectivity index (χ1) is 16.5. The second-order valence-electron chi connectivity index (χ2n) is 8.04. The molecule has 1 atom stereocenters. The molecule has 2 aliphatic rings. The van der Waals surface area contributed by atoms with E-state index in [4.69, 9.17) is 0 Å². The third kappa shape index (κ3) is 8.74. The molecule has 0 bridgehead atoms. The van der Waals surface area contributed by atoms with Crippen molar-refractivity contribution in [1.29, 1.82) is 0 Å². The minimum atomic E-state index is -0.604. The summed E-state index contributed by atoms with van der Waals surface area (Å²) < 4.78 is 4.64. The fraction of sp³-hybridized carbons (Fsp3) is 0.172. The molecule has 4 nitrogen and oxygen atoms in total. The zero-order valence-corrected chi connectivity index (χ0v) is 22.1. The van der Waals surface area contributed by atoms with Gasteiger partial charge in [-0.05, 0) is 75.8 Å². The van der Waals surface area contributed by atoms with Crippen molar-refractivity contribution >= 4 is 30.4 Å². The summed E-state index contributed by atoms with van der Waals surface area (Å²) in [6.07, 6.45) is 15.6. The Kier molecular flexibility index (Phi) is 13.0. The molecule has 0 saturated heterocycles. The van der Waals surface area contributed by atoms with Crippen molar-refractivity contribution in [2.45, 2.75) is 19.9 Å². The van der Waals surface area contributed by atoms with Crippen LogP contribution in [0.3, 0.4) is 0 Å². The molecule has 4 rings (SSSR count). The fourth-order valence-corrected chi connectivity index (χ4v) is 5.79. The summed E-state index contributed by atoms with van der Waals surface area (Å²) in [5.74, 6) is -0.134. The van der Waals surface area contributed by atoms with E-state index in [1.54, 1.807) is 25.7 Å². The minimum Gasteiger partial charge on any atom is -0.467 e. The fourth-order valence-electron chi connectivity index (χ4n) is 3.49. The van der Waals surface area contributed by atoms with Crippen LogP contribution in [0.5, 0.6) is 0 Å². The van der Waals surface area contributed by atoms with Gasteiger partial charge in [0.25, 0.3) is 0 Å². The summed E-state index contributed by atoms with van der Waals surface area (Å²) in [5, 5.41) is 5.47. The van der Waals surface area contributed by atoms with Gasteiger partial charge in [-0.2, -0.15) is 0 Å². The van der Waals surface area contributed by atoms with Crippen molar-refractivity contribution in [3.05, 3.63) is 124 Å². The number of ether oxygens (including phenoxy) is 1. The molecule has 0 aromatic heterocycles. The van der Waals surface area contributed by atoms with E-state index in [1.807, 2.05) is 13.8 Å². The SMILES string of the molecule is COC(=O)[C@@H](NC(=O)[C]1[CH][CH][CH][CH]1)C(C)C.[CH]1[CH][CH][C](P(c2ccccc2)c2ccccc2)[CH]1.[Fe+2]. The van der Waals surface area contributed by atoms with Crippen LogP contribution in [0, 0.1) is 68.9 Å². The van der Waals surface area contributed by atoms with E-state index in [2.05, 4.69) is 96.4 Å². The van der Waals surface area contributed by atoms with Crippen molar-refractivity contribution in [2.75, 3.05) is 7.11 Å². The maximum absolute atomic E-state index is 11.7. The number of hydrogen-bond acceptors (Lipinski definition) is 3. The van der Waals surface area contributed by atoms with Crippen LogP contribution in [0.15, 0.2) is 60.7 Å². The number of carbonyl (C=O) groups excluding carboxylic acids is 2. The Morgan fingerprint density at radius 1 is 0.771 bits per heavy atom. The van der Waals surface area contributed by atoms with Crippen LogP contribution in [0.4, 0.5) is 0 Å². The molecule has 0 aliphatic heterocycles. The maximum Gasteiger partial charge on any atom is 2.00 e. The Hall–Kier alpha value is -1.67. The van der Waals surface area contributed by atoms with Crippen molar-refractivity contribution in [3.8, 4) is 0 Å². The zero-order valence-electron chi connectivity index (χ0n) is 20.1. The summed E-state index contributed by atoms with van der Waals surface area (Å²) >= 11 is 0. The first-order valence-electron chi connectivity index (χ1n) is 11.2. The van der Waals surface area contributed by atoms with Gasteiger partial charge in [-0.1, -0.05) is 74.5 Å². The van der Waals surface area contributed by atoms with E-state index in [9.17, 15) is 9.59 Å². The Bertz CT molecular complexity index is 842. The zero-order chi connectivity index (χ0) is 24.3. The molecule has 2 fully saturated rings. The van der Waals surface area contributed by atoms with Crippen LogP contribution in [-0.4, -0.2) is 25.0 Å². The van der Waals surface area contributed by atoms with Gasteiger partial charge in [0.2, 0.25) is 5.91 Å². The van der Waals surface area contributed by atoms with Gasteiger partial charge in [-0.25, -0.2) is 4.79 Å². The van der Waals surface area contributed by atoms with E-state index in [0.29, 0.717) is 5.92 Å². The molecule has 180 valence electrons. The number of rotatable bonds is 7. The average molecular weight is 527 g/mol. The Balaban J connectivity index is 0.000000242. The molecule has 0 unspecified atom stereocenters. The van der Waals surface area contributed by atoms with Gasteiger partial charge < -0.3 is 10.1 Å².